The number of hydrogen-bond acceptors (Lipinski definition) is 0. The molecule has 33 heavy (non-hydrogen) atoms. The summed E-state index contributed by atoms with van der Waals surface area (Å²) in [5.41, 5.74) is 18.3. The van der Waals surface area contributed by atoms with Crippen molar-refractivity contribution in [1.29, 1.82) is 0 Å². The number of hydrogen-bond donors (Lipinski definition) is 0. The van der Waals surface area contributed by atoms with Crippen LogP contribution in [0.5, 0.6) is 0 Å². The molecular weight excluding hydrogens is 396 g/mol. The van der Waals surface area contributed by atoms with Crippen molar-refractivity contribution in [3.05, 3.63) is 106 Å². The van der Waals surface area contributed by atoms with E-state index in [1.165, 1.54) is 72.3 Å². The van der Waals surface area contributed by atoms with Gasteiger partial charge in [-0.25, -0.2) is 0 Å². The zero-order valence-electron chi connectivity index (χ0n) is 20.9. The summed E-state index contributed by atoms with van der Waals surface area (Å²) >= 11 is 0. The third-order valence-corrected chi connectivity index (χ3v) is 8.41. The Morgan fingerprint density at radius 3 is 1.85 bits per heavy atom. The van der Waals surface area contributed by atoms with Crippen LogP contribution in [0.1, 0.15) is 66.6 Å². The fourth-order valence-corrected chi connectivity index (χ4v) is 6.47. The number of aryl methyl sites for hydroxylation is 3. The molecule has 0 saturated carbocycles. The van der Waals surface area contributed by atoms with Crippen LogP contribution in [0, 0.1) is 20.8 Å². The average Bonchev–Trinajstić information content (AvgIpc) is 3.12. The third kappa shape index (κ3) is 2.58. The molecule has 0 bridgehead atoms. The second kappa shape index (κ2) is 6.48. The van der Waals surface area contributed by atoms with E-state index in [-0.39, 0.29) is 10.8 Å². The summed E-state index contributed by atoms with van der Waals surface area (Å²) in [6.07, 6.45) is 0. The molecule has 0 N–H and O–H groups in total. The first-order valence-electron chi connectivity index (χ1n) is 12.1. The molecule has 0 nitrogen and oxygen atoms in total. The van der Waals surface area contributed by atoms with E-state index in [4.69, 9.17) is 0 Å². The smallest absolute Gasteiger partial charge is 0.0159 e. The summed E-state index contributed by atoms with van der Waals surface area (Å²) in [5, 5.41) is 0. The minimum Gasteiger partial charge on any atom is -0.0620 e. The third-order valence-electron chi connectivity index (χ3n) is 8.41. The lowest BCUT2D eigenvalue weighted by Crippen LogP contribution is -2.17. The van der Waals surface area contributed by atoms with Gasteiger partial charge in [0.2, 0.25) is 0 Å². The molecule has 2 aliphatic carbocycles. The molecule has 4 aromatic carbocycles. The molecule has 0 unspecified atom stereocenters. The van der Waals surface area contributed by atoms with Gasteiger partial charge in [0, 0.05) is 10.8 Å². The summed E-state index contributed by atoms with van der Waals surface area (Å²) < 4.78 is 0. The van der Waals surface area contributed by atoms with Gasteiger partial charge in [-0.1, -0.05) is 87.9 Å². The Labute approximate surface area is 198 Å². The molecular formula is C33H32. The highest BCUT2D eigenvalue weighted by atomic mass is 14.5. The normalized spacial score (nSPS) is 16.2. The molecule has 164 valence electrons. The summed E-state index contributed by atoms with van der Waals surface area (Å²) in [6.45, 7) is 16.3. The Morgan fingerprint density at radius 1 is 0.455 bits per heavy atom. The van der Waals surface area contributed by atoms with Gasteiger partial charge in [0.05, 0.1) is 0 Å². The number of rotatable bonds is 1. The van der Waals surface area contributed by atoms with Crippen LogP contribution >= 0.6 is 0 Å². The van der Waals surface area contributed by atoms with E-state index in [9.17, 15) is 0 Å². The lowest BCUT2D eigenvalue weighted by molar-refractivity contribution is 0.651. The Balaban J connectivity index is 1.70. The molecule has 0 radical (unpaired) electrons. The minimum absolute atomic E-state index is 0.00522. The van der Waals surface area contributed by atoms with E-state index in [1.54, 1.807) is 0 Å². The molecule has 0 aromatic heterocycles. The minimum atomic E-state index is -0.0254. The zero-order valence-corrected chi connectivity index (χ0v) is 20.9. The van der Waals surface area contributed by atoms with E-state index in [0.717, 1.165) is 0 Å². The van der Waals surface area contributed by atoms with Crippen molar-refractivity contribution in [2.45, 2.75) is 59.3 Å². The Bertz CT molecular complexity index is 1480. The van der Waals surface area contributed by atoms with E-state index >= 15 is 0 Å². The molecule has 6 rings (SSSR count). The first-order valence-corrected chi connectivity index (χ1v) is 12.1. The van der Waals surface area contributed by atoms with Gasteiger partial charge in [-0.3, -0.25) is 0 Å². The van der Waals surface area contributed by atoms with Crippen LogP contribution in [0.25, 0.3) is 33.4 Å². The van der Waals surface area contributed by atoms with Crippen LogP contribution in [-0.4, -0.2) is 0 Å². The highest BCUT2D eigenvalue weighted by Crippen LogP contribution is 2.58. The van der Waals surface area contributed by atoms with Crippen molar-refractivity contribution < 1.29 is 0 Å². The van der Waals surface area contributed by atoms with Gasteiger partial charge in [-0.05, 0) is 99.7 Å². The second-order valence-electron chi connectivity index (χ2n) is 11.2. The molecule has 0 aliphatic heterocycles. The van der Waals surface area contributed by atoms with Crippen LogP contribution in [0.3, 0.4) is 0 Å². The quantitative estimate of drug-likeness (QED) is 0.284. The van der Waals surface area contributed by atoms with Gasteiger partial charge in [-0.2, -0.15) is 0 Å². The van der Waals surface area contributed by atoms with Crippen LogP contribution in [0.15, 0.2) is 66.7 Å². The molecule has 0 amide bonds. The number of benzene rings is 4. The summed E-state index contributed by atoms with van der Waals surface area (Å²) in [7, 11) is 0. The monoisotopic (exact) mass is 428 g/mol. The number of fused-ring (bicyclic) bond motifs is 6. The molecule has 0 heterocycles. The highest BCUT2D eigenvalue weighted by Gasteiger charge is 2.42. The van der Waals surface area contributed by atoms with Gasteiger partial charge in [0.1, 0.15) is 0 Å². The summed E-state index contributed by atoms with van der Waals surface area (Å²) in [6, 6.07) is 25.6. The molecule has 2 aliphatic rings. The van der Waals surface area contributed by atoms with Gasteiger partial charge in [-0.15, -0.1) is 0 Å². The van der Waals surface area contributed by atoms with E-state index in [1.807, 2.05) is 0 Å². The highest BCUT2D eigenvalue weighted by molar-refractivity contribution is 5.97. The molecule has 0 saturated heterocycles. The fourth-order valence-electron chi connectivity index (χ4n) is 6.47. The van der Waals surface area contributed by atoms with Crippen LogP contribution in [-0.2, 0) is 10.8 Å². The lowest BCUT2D eigenvalue weighted by atomic mass is 9.79. The van der Waals surface area contributed by atoms with Crippen LogP contribution < -0.4 is 0 Å². The molecule has 0 heteroatoms. The van der Waals surface area contributed by atoms with E-state index in [0.29, 0.717) is 0 Å². The molecule has 0 fully saturated rings. The Kier molecular flexibility index (Phi) is 4.02. The average molecular weight is 429 g/mol. The fraction of sp³-hybridized carbons (Fsp3) is 0.273. The Hall–Kier alpha value is -3.12. The van der Waals surface area contributed by atoms with Crippen molar-refractivity contribution in [3.63, 3.8) is 0 Å². The summed E-state index contributed by atoms with van der Waals surface area (Å²) in [5.74, 6) is 0. The second-order valence-corrected chi connectivity index (χ2v) is 11.2. The van der Waals surface area contributed by atoms with Gasteiger partial charge < -0.3 is 0 Å². The first kappa shape index (κ1) is 20.5. The van der Waals surface area contributed by atoms with Crippen molar-refractivity contribution >= 4 is 0 Å². The standard InChI is InChI=1S/C33H32/c1-19-12-14-23-24-17-29-25(18-28(24)33(6,7)27(23)16-19)31-26(32(29,4)5)15-13-21(3)30(31)22-11-9-8-10-20(22)2/h8-18H,1-7H3. The van der Waals surface area contributed by atoms with E-state index in [2.05, 4.69) is 115 Å². The maximum Gasteiger partial charge on any atom is 0.0159 e. The van der Waals surface area contributed by atoms with Crippen molar-refractivity contribution in [2.75, 3.05) is 0 Å². The largest absolute Gasteiger partial charge is 0.0620 e. The van der Waals surface area contributed by atoms with Gasteiger partial charge in [0.15, 0.2) is 0 Å². The maximum absolute atomic E-state index is 2.54. The SMILES string of the molecule is Cc1ccc2c(c1)C(C)(C)c1cc3c(cc1-2)C(C)(C)c1ccc(C)c(-c2ccccc2C)c1-3. The zero-order chi connectivity index (χ0) is 23.3. The van der Waals surface area contributed by atoms with Crippen LogP contribution in [0.2, 0.25) is 0 Å². The predicted molar refractivity (Wildman–Crippen MR) is 141 cm³/mol. The maximum atomic E-state index is 2.54. The molecule has 4 aromatic rings. The van der Waals surface area contributed by atoms with E-state index < -0.39 is 0 Å². The predicted octanol–water partition coefficient (Wildman–Crippen LogP) is 8.89. The van der Waals surface area contributed by atoms with Crippen molar-refractivity contribution in [2.24, 2.45) is 0 Å². The van der Waals surface area contributed by atoms with Gasteiger partial charge >= 0.3 is 0 Å². The van der Waals surface area contributed by atoms with Crippen molar-refractivity contribution in [1.82, 2.24) is 0 Å². The topological polar surface area (TPSA) is 0 Å². The van der Waals surface area contributed by atoms with Gasteiger partial charge in [0.25, 0.3) is 0 Å². The lowest BCUT2D eigenvalue weighted by Gasteiger charge is -2.24. The van der Waals surface area contributed by atoms with Crippen LogP contribution in [0.4, 0.5) is 0 Å². The first-order chi connectivity index (χ1) is 15.6. The Morgan fingerprint density at radius 2 is 1.09 bits per heavy atom. The molecule has 0 spiro atoms. The van der Waals surface area contributed by atoms with Crippen molar-refractivity contribution in [3.8, 4) is 33.4 Å². The molecule has 0 atom stereocenters. The summed E-state index contributed by atoms with van der Waals surface area (Å²) in [4.78, 5) is 0.